The SMILES string of the molecule is CC(C)[C@H](NC(=O)OCc1ccccc1)C(=O)N[C@H]1CCOC1=O. The van der Waals surface area contributed by atoms with Crippen molar-refractivity contribution in [3.63, 3.8) is 0 Å². The first-order valence-corrected chi connectivity index (χ1v) is 7.91. The molecular weight excluding hydrogens is 312 g/mol. The number of carbonyl (C=O) groups excluding carboxylic acids is 3. The number of nitrogens with one attached hydrogen (secondary N) is 2. The molecule has 0 aromatic heterocycles. The fraction of sp³-hybridized carbons (Fsp3) is 0.471. The van der Waals surface area contributed by atoms with Crippen LogP contribution in [0.25, 0.3) is 0 Å². The Hall–Kier alpha value is -2.57. The lowest BCUT2D eigenvalue weighted by Gasteiger charge is -2.22. The maximum Gasteiger partial charge on any atom is 0.408 e. The van der Waals surface area contributed by atoms with Crippen molar-refractivity contribution in [2.45, 2.75) is 39.0 Å². The molecule has 7 nitrogen and oxygen atoms in total. The Labute approximate surface area is 140 Å². The number of benzene rings is 1. The molecule has 0 aliphatic carbocycles. The van der Waals surface area contributed by atoms with Crippen molar-refractivity contribution in [3.05, 3.63) is 35.9 Å². The molecule has 0 unspecified atom stereocenters. The monoisotopic (exact) mass is 334 g/mol. The van der Waals surface area contributed by atoms with Gasteiger partial charge in [0.05, 0.1) is 6.61 Å². The van der Waals surface area contributed by atoms with Crippen LogP contribution < -0.4 is 10.6 Å². The minimum absolute atomic E-state index is 0.119. The summed E-state index contributed by atoms with van der Waals surface area (Å²) in [6.45, 7) is 4.01. The van der Waals surface area contributed by atoms with E-state index in [9.17, 15) is 14.4 Å². The van der Waals surface area contributed by atoms with Crippen molar-refractivity contribution in [3.8, 4) is 0 Å². The summed E-state index contributed by atoms with van der Waals surface area (Å²) in [5.74, 6) is -1.03. The van der Waals surface area contributed by atoms with E-state index in [1.165, 1.54) is 0 Å². The molecule has 1 fully saturated rings. The van der Waals surface area contributed by atoms with Crippen molar-refractivity contribution in [2.24, 2.45) is 5.92 Å². The largest absolute Gasteiger partial charge is 0.464 e. The van der Waals surface area contributed by atoms with Crippen LogP contribution in [0.15, 0.2) is 30.3 Å². The van der Waals surface area contributed by atoms with Gasteiger partial charge in [-0.25, -0.2) is 9.59 Å². The Bertz CT molecular complexity index is 588. The molecule has 2 N–H and O–H groups in total. The first-order chi connectivity index (χ1) is 11.5. The number of esters is 1. The van der Waals surface area contributed by atoms with E-state index >= 15 is 0 Å². The highest BCUT2D eigenvalue weighted by Crippen LogP contribution is 2.09. The average molecular weight is 334 g/mol. The molecule has 0 spiro atoms. The van der Waals surface area contributed by atoms with Crippen molar-refractivity contribution in [1.29, 1.82) is 0 Å². The molecule has 0 saturated carbocycles. The fourth-order valence-electron chi connectivity index (χ4n) is 2.32. The van der Waals surface area contributed by atoms with E-state index in [0.717, 1.165) is 5.56 Å². The van der Waals surface area contributed by atoms with E-state index in [1.54, 1.807) is 13.8 Å². The van der Waals surface area contributed by atoms with Crippen molar-refractivity contribution in [1.82, 2.24) is 10.6 Å². The van der Waals surface area contributed by atoms with Gasteiger partial charge >= 0.3 is 12.1 Å². The lowest BCUT2D eigenvalue weighted by atomic mass is 10.0. The normalized spacial score (nSPS) is 18.0. The first-order valence-electron chi connectivity index (χ1n) is 7.91. The summed E-state index contributed by atoms with van der Waals surface area (Å²) in [6.07, 6.45) is -0.241. The summed E-state index contributed by atoms with van der Waals surface area (Å²) in [5.41, 5.74) is 0.854. The van der Waals surface area contributed by atoms with Crippen LogP contribution in [0.2, 0.25) is 0 Å². The summed E-state index contributed by atoms with van der Waals surface area (Å²) in [7, 11) is 0. The standard InChI is InChI=1S/C17H22N2O5/c1-11(2)14(15(20)18-13-8-9-23-16(13)21)19-17(22)24-10-12-6-4-3-5-7-12/h3-7,11,13-14H,8-10H2,1-2H3,(H,18,20)(H,19,22)/t13-,14-/m0/s1. The number of amides is 2. The Balaban J connectivity index is 1.86. The second-order valence-electron chi connectivity index (χ2n) is 5.95. The van der Waals surface area contributed by atoms with E-state index in [1.807, 2.05) is 30.3 Å². The highest BCUT2D eigenvalue weighted by molar-refractivity contribution is 5.90. The maximum absolute atomic E-state index is 12.3. The van der Waals surface area contributed by atoms with E-state index in [4.69, 9.17) is 9.47 Å². The second kappa shape index (κ2) is 8.33. The maximum atomic E-state index is 12.3. The second-order valence-corrected chi connectivity index (χ2v) is 5.95. The fourth-order valence-corrected chi connectivity index (χ4v) is 2.32. The molecule has 2 amide bonds. The van der Waals surface area contributed by atoms with Crippen LogP contribution in [0.5, 0.6) is 0 Å². The van der Waals surface area contributed by atoms with Crippen LogP contribution in [0.4, 0.5) is 4.79 Å². The van der Waals surface area contributed by atoms with Gasteiger partial charge in [-0.3, -0.25) is 4.79 Å². The predicted octanol–water partition coefficient (Wildman–Crippen LogP) is 1.37. The van der Waals surface area contributed by atoms with Gasteiger partial charge in [0.1, 0.15) is 18.7 Å². The third-order valence-corrected chi connectivity index (χ3v) is 3.69. The van der Waals surface area contributed by atoms with Gasteiger partial charge in [0.15, 0.2) is 0 Å². The number of cyclic esters (lactones) is 1. The summed E-state index contributed by atoms with van der Waals surface area (Å²) < 4.78 is 9.94. The summed E-state index contributed by atoms with van der Waals surface area (Å²) in [4.78, 5) is 35.7. The predicted molar refractivity (Wildman–Crippen MR) is 85.9 cm³/mol. The Morgan fingerprint density at radius 3 is 2.58 bits per heavy atom. The lowest BCUT2D eigenvalue weighted by molar-refractivity contribution is -0.141. The van der Waals surface area contributed by atoms with Gasteiger partial charge in [-0.15, -0.1) is 0 Å². The number of ether oxygens (including phenoxy) is 2. The smallest absolute Gasteiger partial charge is 0.408 e. The highest BCUT2D eigenvalue weighted by Gasteiger charge is 2.32. The third-order valence-electron chi connectivity index (χ3n) is 3.69. The first kappa shape index (κ1) is 17.8. The van der Waals surface area contributed by atoms with Crippen molar-refractivity contribution < 1.29 is 23.9 Å². The van der Waals surface area contributed by atoms with E-state index < -0.39 is 30.1 Å². The van der Waals surface area contributed by atoms with Crippen molar-refractivity contribution >= 4 is 18.0 Å². The molecule has 2 rings (SSSR count). The Morgan fingerprint density at radius 1 is 1.29 bits per heavy atom. The minimum Gasteiger partial charge on any atom is -0.464 e. The molecule has 1 aromatic carbocycles. The lowest BCUT2D eigenvalue weighted by Crippen LogP contribution is -2.53. The average Bonchev–Trinajstić information content (AvgIpc) is 2.96. The highest BCUT2D eigenvalue weighted by atomic mass is 16.5. The van der Waals surface area contributed by atoms with Gasteiger partial charge in [0, 0.05) is 6.42 Å². The summed E-state index contributed by atoms with van der Waals surface area (Å²) in [6, 6.07) is 7.81. The summed E-state index contributed by atoms with van der Waals surface area (Å²) >= 11 is 0. The van der Waals surface area contributed by atoms with Gasteiger partial charge in [0.25, 0.3) is 0 Å². The molecule has 2 atom stereocenters. The number of rotatable bonds is 6. The Kier molecular flexibility index (Phi) is 6.17. The zero-order valence-electron chi connectivity index (χ0n) is 13.8. The molecule has 1 heterocycles. The zero-order chi connectivity index (χ0) is 17.5. The van der Waals surface area contributed by atoms with Crippen LogP contribution in [0.1, 0.15) is 25.8 Å². The van der Waals surface area contributed by atoms with Gasteiger partial charge in [-0.05, 0) is 11.5 Å². The summed E-state index contributed by atoms with van der Waals surface area (Å²) in [5, 5.41) is 5.16. The number of hydrogen-bond acceptors (Lipinski definition) is 5. The molecular formula is C17H22N2O5. The zero-order valence-corrected chi connectivity index (χ0v) is 13.8. The molecule has 0 bridgehead atoms. The molecule has 1 saturated heterocycles. The van der Waals surface area contributed by atoms with E-state index in [-0.39, 0.29) is 12.5 Å². The molecule has 1 aromatic rings. The van der Waals surface area contributed by atoms with Crippen LogP contribution in [0.3, 0.4) is 0 Å². The minimum atomic E-state index is -0.790. The molecule has 1 aliphatic heterocycles. The Morgan fingerprint density at radius 2 is 2.00 bits per heavy atom. The van der Waals surface area contributed by atoms with Crippen LogP contribution in [-0.4, -0.2) is 36.7 Å². The van der Waals surface area contributed by atoms with Gasteiger partial charge in [-0.1, -0.05) is 44.2 Å². The number of alkyl carbamates (subject to hydrolysis) is 1. The van der Waals surface area contributed by atoms with Crippen molar-refractivity contribution in [2.75, 3.05) is 6.61 Å². The molecule has 1 aliphatic rings. The van der Waals surface area contributed by atoms with Gasteiger partial charge in [0.2, 0.25) is 5.91 Å². The van der Waals surface area contributed by atoms with Gasteiger partial charge in [-0.2, -0.15) is 0 Å². The van der Waals surface area contributed by atoms with E-state index in [0.29, 0.717) is 13.0 Å². The van der Waals surface area contributed by atoms with Crippen LogP contribution in [0, 0.1) is 5.92 Å². The van der Waals surface area contributed by atoms with Crippen LogP contribution in [-0.2, 0) is 25.7 Å². The topological polar surface area (TPSA) is 93.7 Å². The number of hydrogen-bond donors (Lipinski definition) is 2. The molecule has 24 heavy (non-hydrogen) atoms. The third kappa shape index (κ3) is 4.97. The van der Waals surface area contributed by atoms with Crippen LogP contribution >= 0.6 is 0 Å². The van der Waals surface area contributed by atoms with Gasteiger partial charge < -0.3 is 20.1 Å². The quantitative estimate of drug-likeness (QED) is 0.766. The molecule has 0 radical (unpaired) electrons. The van der Waals surface area contributed by atoms with E-state index in [2.05, 4.69) is 10.6 Å². The number of carbonyl (C=O) groups is 3. The molecule has 130 valence electrons. The molecule has 7 heteroatoms.